The van der Waals surface area contributed by atoms with Gasteiger partial charge in [-0.05, 0) is 26.3 Å². The molecule has 0 saturated heterocycles. The molecule has 1 N–H and O–H groups in total. The van der Waals surface area contributed by atoms with Gasteiger partial charge < -0.3 is 4.57 Å². The van der Waals surface area contributed by atoms with Gasteiger partial charge in [0, 0.05) is 23.3 Å². The van der Waals surface area contributed by atoms with Crippen LogP contribution in [0.25, 0.3) is 10.8 Å². The summed E-state index contributed by atoms with van der Waals surface area (Å²) in [5.41, 5.74) is 4.43. The van der Waals surface area contributed by atoms with Gasteiger partial charge >= 0.3 is 0 Å². The number of aryl methyl sites for hydroxylation is 3. The Hall–Kier alpha value is -2.36. The van der Waals surface area contributed by atoms with Crippen LogP contribution in [0, 0.1) is 20.8 Å². The maximum Gasteiger partial charge on any atom is 0.273 e. The summed E-state index contributed by atoms with van der Waals surface area (Å²) in [6.45, 7) is 6.87. The number of H-pyrrole nitrogens is 1. The summed E-state index contributed by atoms with van der Waals surface area (Å²) in [6.07, 6.45) is 1.73. The number of hydrogen-bond acceptors (Lipinski definition) is 2. The topological polar surface area (TPSA) is 50.7 Å². The Morgan fingerprint density at radius 1 is 1.10 bits per heavy atom. The smallest absolute Gasteiger partial charge is 0.273 e. The molecule has 0 aliphatic rings. The van der Waals surface area contributed by atoms with E-state index in [1.807, 2.05) is 13.8 Å². The first kappa shape index (κ1) is 12.7. The Balaban J connectivity index is 2.15. The number of nitrogens with zero attached hydrogens (tertiary/aromatic N) is 2. The van der Waals surface area contributed by atoms with Crippen LogP contribution < -0.4 is 5.56 Å². The second-order valence-electron chi connectivity index (χ2n) is 5.23. The van der Waals surface area contributed by atoms with E-state index >= 15 is 0 Å². The Labute approximate surface area is 117 Å². The molecule has 0 unspecified atom stereocenters. The van der Waals surface area contributed by atoms with Gasteiger partial charge in [0.25, 0.3) is 5.56 Å². The molecule has 4 nitrogen and oxygen atoms in total. The zero-order valence-corrected chi connectivity index (χ0v) is 11.9. The first-order chi connectivity index (χ1) is 9.58. The molecule has 20 heavy (non-hydrogen) atoms. The van der Waals surface area contributed by atoms with Crippen molar-refractivity contribution in [2.24, 2.45) is 0 Å². The van der Waals surface area contributed by atoms with E-state index in [4.69, 9.17) is 0 Å². The van der Waals surface area contributed by atoms with E-state index in [0.29, 0.717) is 0 Å². The number of nitrogens with one attached hydrogen (secondary N) is 1. The van der Waals surface area contributed by atoms with E-state index < -0.39 is 0 Å². The van der Waals surface area contributed by atoms with Crippen LogP contribution in [0.2, 0.25) is 0 Å². The average molecular weight is 267 g/mol. The molecule has 3 aromatic rings. The fourth-order valence-electron chi connectivity index (χ4n) is 2.68. The zero-order chi connectivity index (χ0) is 14.3. The third-order valence-electron chi connectivity index (χ3n) is 3.88. The van der Waals surface area contributed by atoms with E-state index in [9.17, 15) is 4.79 Å². The van der Waals surface area contributed by atoms with Gasteiger partial charge in [-0.3, -0.25) is 4.79 Å². The maximum atomic E-state index is 11.9. The standard InChI is InChI=1S/C16H17N3O/c1-10-4-6-13(7-5-10)9-19-11(2)14-8-17-18-16(20)15(14)12(19)3/h4-8H,9H2,1-3H3,(H,18,20). The molecule has 0 fully saturated rings. The van der Waals surface area contributed by atoms with Crippen molar-refractivity contribution >= 4 is 10.8 Å². The first-order valence-corrected chi connectivity index (χ1v) is 6.66. The SMILES string of the molecule is Cc1ccc(Cn2c(C)c3cn[nH]c(=O)c3c2C)cc1. The van der Waals surface area contributed by atoms with E-state index in [2.05, 4.69) is 46.0 Å². The van der Waals surface area contributed by atoms with Crippen molar-refractivity contribution in [1.82, 2.24) is 14.8 Å². The van der Waals surface area contributed by atoms with E-state index in [1.54, 1.807) is 6.20 Å². The van der Waals surface area contributed by atoms with Crippen LogP contribution in [0.15, 0.2) is 35.3 Å². The minimum Gasteiger partial charge on any atom is -0.343 e. The maximum absolute atomic E-state index is 11.9. The van der Waals surface area contributed by atoms with Crippen LogP contribution in [0.1, 0.15) is 22.5 Å². The normalized spacial score (nSPS) is 11.2. The van der Waals surface area contributed by atoms with Crippen molar-refractivity contribution in [1.29, 1.82) is 0 Å². The summed E-state index contributed by atoms with van der Waals surface area (Å²) in [6, 6.07) is 8.47. The molecular formula is C16H17N3O. The van der Waals surface area contributed by atoms with E-state index in [-0.39, 0.29) is 5.56 Å². The van der Waals surface area contributed by atoms with Gasteiger partial charge in [0.2, 0.25) is 0 Å². The quantitative estimate of drug-likeness (QED) is 0.776. The van der Waals surface area contributed by atoms with Crippen molar-refractivity contribution in [3.05, 3.63) is 63.3 Å². The highest BCUT2D eigenvalue weighted by Crippen LogP contribution is 2.22. The number of fused-ring (bicyclic) bond motifs is 1. The Morgan fingerprint density at radius 3 is 2.45 bits per heavy atom. The number of benzene rings is 1. The second-order valence-corrected chi connectivity index (χ2v) is 5.23. The summed E-state index contributed by atoms with van der Waals surface area (Å²) < 4.78 is 2.17. The van der Waals surface area contributed by atoms with Gasteiger partial charge in [0.1, 0.15) is 0 Å². The molecule has 0 amide bonds. The minimum atomic E-state index is -0.120. The third-order valence-corrected chi connectivity index (χ3v) is 3.88. The minimum absolute atomic E-state index is 0.120. The predicted molar refractivity (Wildman–Crippen MR) is 80.1 cm³/mol. The number of aromatic nitrogens is 3. The molecule has 0 radical (unpaired) electrons. The highest BCUT2D eigenvalue weighted by atomic mass is 16.1. The average Bonchev–Trinajstić information content (AvgIpc) is 2.67. The largest absolute Gasteiger partial charge is 0.343 e. The van der Waals surface area contributed by atoms with Crippen molar-refractivity contribution in [3.63, 3.8) is 0 Å². The molecule has 0 aliphatic heterocycles. The molecule has 2 heterocycles. The van der Waals surface area contributed by atoms with Gasteiger partial charge in [0.15, 0.2) is 0 Å². The molecule has 2 aromatic heterocycles. The number of hydrogen-bond donors (Lipinski definition) is 1. The summed E-state index contributed by atoms with van der Waals surface area (Å²) in [7, 11) is 0. The molecule has 4 heteroatoms. The third kappa shape index (κ3) is 1.93. The highest BCUT2D eigenvalue weighted by molar-refractivity contribution is 5.86. The lowest BCUT2D eigenvalue weighted by molar-refractivity contribution is 0.754. The predicted octanol–water partition coefficient (Wildman–Crippen LogP) is 2.70. The van der Waals surface area contributed by atoms with Crippen molar-refractivity contribution in [2.45, 2.75) is 27.3 Å². The molecule has 102 valence electrons. The van der Waals surface area contributed by atoms with Crippen LogP contribution in [-0.2, 0) is 6.54 Å². The van der Waals surface area contributed by atoms with Crippen LogP contribution in [0.4, 0.5) is 0 Å². The zero-order valence-electron chi connectivity index (χ0n) is 11.9. The van der Waals surface area contributed by atoms with Gasteiger partial charge in [0.05, 0.1) is 11.6 Å². The molecule has 0 spiro atoms. The monoisotopic (exact) mass is 267 g/mol. The van der Waals surface area contributed by atoms with Crippen molar-refractivity contribution in [2.75, 3.05) is 0 Å². The lowest BCUT2D eigenvalue weighted by Gasteiger charge is -2.09. The van der Waals surface area contributed by atoms with Crippen molar-refractivity contribution in [3.8, 4) is 0 Å². The molecule has 0 bridgehead atoms. The Kier molecular flexibility index (Phi) is 2.93. The number of aromatic amines is 1. The van der Waals surface area contributed by atoms with E-state index in [1.165, 1.54) is 11.1 Å². The fraction of sp³-hybridized carbons (Fsp3) is 0.250. The highest BCUT2D eigenvalue weighted by Gasteiger charge is 2.14. The van der Waals surface area contributed by atoms with Gasteiger partial charge in [-0.15, -0.1) is 0 Å². The van der Waals surface area contributed by atoms with Crippen LogP contribution in [0.3, 0.4) is 0 Å². The van der Waals surface area contributed by atoms with Crippen molar-refractivity contribution < 1.29 is 0 Å². The van der Waals surface area contributed by atoms with Crippen LogP contribution >= 0.6 is 0 Å². The molecule has 0 atom stereocenters. The molecule has 0 saturated carbocycles. The summed E-state index contributed by atoms with van der Waals surface area (Å²) >= 11 is 0. The fourth-order valence-corrected chi connectivity index (χ4v) is 2.68. The summed E-state index contributed by atoms with van der Waals surface area (Å²) in [5, 5.41) is 8.07. The van der Waals surface area contributed by atoms with Gasteiger partial charge in [-0.1, -0.05) is 29.8 Å². The Bertz CT molecular complexity index is 825. The Morgan fingerprint density at radius 2 is 1.80 bits per heavy atom. The molecule has 1 aromatic carbocycles. The molecular weight excluding hydrogens is 250 g/mol. The van der Waals surface area contributed by atoms with Gasteiger partial charge in [-0.2, -0.15) is 5.10 Å². The van der Waals surface area contributed by atoms with E-state index in [0.717, 1.165) is 28.7 Å². The molecule has 3 rings (SSSR count). The second kappa shape index (κ2) is 4.63. The van der Waals surface area contributed by atoms with Crippen LogP contribution in [-0.4, -0.2) is 14.8 Å². The van der Waals surface area contributed by atoms with Crippen LogP contribution in [0.5, 0.6) is 0 Å². The number of rotatable bonds is 2. The lowest BCUT2D eigenvalue weighted by Crippen LogP contribution is -2.08. The molecule has 0 aliphatic carbocycles. The summed E-state index contributed by atoms with van der Waals surface area (Å²) in [5.74, 6) is 0. The summed E-state index contributed by atoms with van der Waals surface area (Å²) in [4.78, 5) is 11.9. The first-order valence-electron chi connectivity index (χ1n) is 6.66. The lowest BCUT2D eigenvalue weighted by atomic mass is 10.1. The van der Waals surface area contributed by atoms with Gasteiger partial charge in [-0.25, -0.2) is 5.10 Å².